The zero-order chi connectivity index (χ0) is 14.3. The van der Waals surface area contributed by atoms with Crippen molar-refractivity contribution in [1.82, 2.24) is 9.38 Å². The van der Waals surface area contributed by atoms with Gasteiger partial charge in [0.2, 0.25) is 0 Å². The van der Waals surface area contributed by atoms with Gasteiger partial charge in [-0.25, -0.2) is 4.98 Å². The molecule has 2 nitrogen and oxygen atoms in total. The normalized spacial score (nSPS) is 11.2. The molecule has 0 spiro atoms. The Bertz CT molecular complexity index is 787. The molecule has 0 bridgehead atoms. The molecule has 2 aromatic heterocycles. The second-order valence-electron chi connectivity index (χ2n) is 5.22. The Kier molecular flexibility index (Phi) is 3.27. The van der Waals surface area contributed by atoms with Crippen molar-refractivity contribution in [2.75, 3.05) is 0 Å². The third kappa shape index (κ3) is 2.01. The molecule has 2 heterocycles. The van der Waals surface area contributed by atoms with Crippen molar-refractivity contribution in [2.24, 2.45) is 0 Å². The molecule has 0 amide bonds. The van der Waals surface area contributed by atoms with Crippen LogP contribution in [-0.2, 0) is 5.88 Å². The van der Waals surface area contributed by atoms with E-state index < -0.39 is 0 Å². The Morgan fingerprint density at radius 2 is 1.90 bits per heavy atom. The van der Waals surface area contributed by atoms with E-state index in [0.29, 0.717) is 5.88 Å². The van der Waals surface area contributed by atoms with Crippen LogP contribution in [0.4, 0.5) is 0 Å². The molecule has 0 aliphatic rings. The number of benzene rings is 1. The van der Waals surface area contributed by atoms with Gasteiger partial charge in [-0.1, -0.05) is 29.8 Å². The van der Waals surface area contributed by atoms with Crippen LogP contribution in [0.5, 0.6) is 0 Å². The van der Waals surface area contributed by atoms with Gasteiger partial charge in [-0.3, -0.25) is 4.40 Å². The fourth-order valence-corrected chi connectivity index (χ4v) is 2.99. The predicted molar refractivity (Wildman–Crippen MR) is 84.4 cm³/mol. The molecule has 1 aromatic carbocycles. The number of aryl methyl sites for hydroxylation is 3. The summed E-state index contributed by atoms with van der Waals surface area (Å²) in [6.45, 7) is 6.31. The summed E-state index contributed by atoms with van der Waals surface area (Å²) < 4.78 is 2.14. The van der Waals surface area contributed by atoms with Gasteiger partial charge in [0.15, 0.2) is 0 Å². The van der Waals surface area contributed by atoms with E-state index in [-0.39, 0.29) is 0 Å². The largest absolute Gasteiger partial charge is 0.299 e. The Labute approximate surface area is 124 Å². The lowest BCUT2D eigenvalue weighted by Crippen LogP contribution is -1.96. The summed E-state index contributed by atoms with van der Waals surface area (Å²) in [5, 5.41) is 0. The van der Waals surface area contributed by atoms with Crippen molar-refractivity contribution in [3.63, 3.8) is 0 Å². The lowest BCUT2D eigenvalue weighted by Gasteiger charge is -2.07. The standard InChI is InChI=1S/C17H17ClN2/c1-11-7-8-14(12(2)9-11)17-15(10-18)20-13(3)5-4-6-16(20)19-17/h4-9H,10H2,1-3H3. The summed E-state index contributed by atoms with van der Waals surface area (Å²) in [6, 6.07) is 12.6. The van der Waals surface area contributed by atoms with Gasteiger partial charge in [-0.05, 0) is 38.5 Å². The number of halogens is 1. The third-order valence-electron chi connectivity index (χ3n) is 3.70. The zero-order valence-corrected chi connectivity index (χ0v) is 12.7. The van der Waals surface area contributed by atoms with Crippen LogP contribution in [0.15, 0.2) is 36.4 Å². The van der Waals surface area contributed by atoms with Crippen molar-refractivity contribution in [3.8, 4) is 11.3 Å². The van der Waals surface area contributed by atoms with Crippen molar-refractivity contribution < 1.29 is 0 Å². The molecule has 0 saturated carbocycles. The SMILES string of the molecule is Cc1ccc(-c2nc3cccc(C)n3c2CCl)c(C)c1. The first kappa shape index (κ1) is 13.2. The average Bonchev–Trinajstić information content (AvgIpc) is 2.78. The van der Waals surface area contributed by atoms with Gasteiger partial charge in [0, 0.05) is 11.3 Å². The van der Waals surface area contributed by atoms with Crippen LogP contribution in [0.3, 0.4) is 0 Å². The number of fused-ring (bicyclic) bond motifs is 1. The molecule has 102 valence electrons. The van der Waals surface area contributed by atoms with Gasteiger partial charge in [0.25, 0.3) is 0 Å². The molecule has 0 unspecified atom stereocenters. The number of imidazole rings is 1. The van der Waals surface area contributed by atoms with Crippen molar-refractivity contribution >= 4 is 17.2 Å². The van der Waals surface area contributed by atoms with Crippen LogP contribution in [0.1, 0.15) is 22.5 Å². The lowest BCUT2D eigenvalue weighted by molar-refractivity contribution is 1.03. The minimum Gasteiger partial charge on any atom is -0.299 e. The number of aromatic nitrogens is 2. The summed E-state index contributed by atoms with van der Waals surface area (Å²) in [7, 11) is 0. The molecule has 0 aliphatic heterocycles. The van der Waals surface area contributed by atoms with E-state index >= 15 is 0 Å². The molecule has 0 radical (unpaired) electrons. The first-order valence-corrected chi connectivity index (χ1v) is 7.26. The van der Waals surface area contributed by atoms with Crippen LogP contribution in [0, 0.1) is 20.8 Å². The molecule has 0 fully saturated rings. The molecular weight excluding hydrogens is 268 g/mol. The molecule has 20 heavy (non-hydrogen) atoms. The number of rotatable bonds is 2. The van der Waals surface area contributed by atoms with E-state index in [0.717, 1.165) is 28.3 Å². The van der Waals surface area contributed by atoms with Crippen molar-refractivity contribution in [1.29, 1.82) is 0 Å². The second-order valence-corrected chi connectivity index (χ2v) is 5.49. The molecule has 0 aliphatic carbocycles. The van der Waals surface area contributed by atoms with Gasteiger partial charge < -0.3 is 0 Å². The first-order chi connectivity index (χ1) is 9.61. The van der Waals surface area contributed by atoms with Crippen LogP contribution < -0.4 is 0 Å². The smallest absolute Gasteiger partial charge is 0.137 e. The highest BCUT2D eigenvalue weighted by Crippen LogP contribution is 2.29. The summed E-state index contributed by atoms with van der Waals surface area (Å²) in [5.41, 5.74) is 7.82. The predicted octanol–water partition coefficient (Wildman–Crippen LogP) is 4.67. The maximum absolute atomic E-state index is 6.20. The summed E-state index contributed by atoms with van der Waals surface area (Å²) in [4.78, 5) is 4.78. The van der Waals surface area contributed by atoms with Crippen LogP contribution in [-0.4, -0.2) is 9.38 Å². The third-order valence-corrected chi connectivity index (χ3v) is 3.95. The first-order valence-electron chi connectivity index (χ1n) is 6.72. The maximum Gasteiger partial charge on any atom is 0.137 e. The Balaban J connectivity index is 2.33. The van der Waals surface area contributed by atoms with E-state index in [4.69, 9.17) is 16.6 Å². The average molecular weight is 285 g/mol. The maximum atomic E-state index is 6.20. The minimum absolute atomic E-state index is 0.453. The fourth-order valence-electron chi connectivity index (χ4n) is 2.74. The zero-order valence-electron chi connectivity index (χ0n) is 11.9. The van der Waals surface area contributed by atoms with Gasteiger partial charge in [0.1, 0.15) is 5.65 Å². The highest BCUT2D eigenvalue weighted by Gasteiger charge is 2.15. The highest BCUT2D eigenvalue weighted by molar-refractivity contribution is 6.17. The van der Waals surface area contributed by atoms with E-state index in [9.17, 15) is 0 Å². The van der Waals surface area contributed by atoms with Crippen LogP contribution in [0.2, 0.25) is 0 Å². The quantitative estimate of drug-likeness (QED) is 0.625. The molecule has 0 atom stereocenters. The topological polar surface area (TPSA) is 17.3 Å². The Morgan fingerprint density at radius 3 is 2.60 bits per heavy atom. The summed E-state index contributed by atoms with van der Waals surface area (Å²) >= 11 is 6.20. The van der Waals surface area contributed by atoms with Crippen LogP contribution >= 0.6 is 11.6 Å². The van der Waals surface area contributed by atoms with E-state index in [1.165, 1.54) is 11.1 Å². The summed E-state index contributed by atoms with van der Waals surface area (Å²) in [5.74, 6) is 0.453. The number of nitrogens with zero attached hydrogens (tertiary/aromatic N) is 2. The van der Waals surface area contributed by atoms with Gasteiger partial charge in [-0.2, -0.15) is 0 Å². The highest BCUT2D eigenvalue weighted by atomic mass is 35.5. The molecule has 3 rings (SSSR count). The molecule has 3 heteroatoms. The second kappa shape index (κ2) is 4.95. The molecular formula is C17H17ClN2. The van der Waals surface area contributed by atoms with E-state index in [1.54, 1.807) is 0 Å². The number of hydrogen-bond donors (Lipinski definition) is 0. The van der Waals surface area contributed by atoms with E-state index in [1.807, 2.05) is 12.1 Å². The van der Waals surface area contributed by atoms with Crippen molar-refractivity contribution in [2.45, 2.75) is 26.7 Å². The minimum atomic E-state index is 0.453. The Morgan fingerprint density at radius 1 is 1.10 bits per heavy atom. The number of alkyl halides is 1. The van der Waals surface area contributed by atoms with Gasteiger partial charge in [0.05, 0.1) is 17.3 Å². The van der Waals surface area contributed by atoms with E-state index in [2.05, 4.69) is 49.4 Å². The molecule has 3 aromatic rings. The fraction of sp³-hybridized carbons (Fsp3) is 0.235. The van der Waals surface area contributed by atoms with Crippen molar-refractivity contribution in [3.05, 3.63) is 58.9 Å². The summed E-state index contributed by atoms with van der Waals surface area (Å²) in [6.07, 6.45) is 0. The van der Waals surface area contributed by atoms with Crippen LogP contribution in [0.25, 0.3) is 16.9 Å². The molecule has 0 saturated heterocycles. The lowest BCUT2D eigenvalue weighted by atomic mass is 10.0. The number of pyridine rings is 1. The molecule has 0 N–H and O–H groups in total. The van der Waals surface area contributed by atoms with Gasteiger partial charge in [-0.15, -0.1) is 11.6 Å². The monoisotopic (exact) mass is 284 g/mol. The number of hydrogen-bond acceptors (Lipinski definition) is 1. The Hall–Kier alpha value is -1.80. The van der Waals surface area contributed by atoms with Gasteiger partial charge >= 0.3 is 0 Å².